The molecule has 1 atom stereocenters. The van der Waals surface area contributed by atoms with E-state index in [0.717, 1.165) is 18.6 Å². The van der Waals surface area contributed by atoms with Gasteiger partial charge >= 0.3 is 0 Å². The van der Waals surface area contributed by atoms with E-state index >= 15 is 0 Å². The maximum atomic E-state index is 6.36. The molecule has 0 saturated carbocycles. The van der Waals surface area contributed by atoms with Gasteiger partial charge in [0, 0.05) is 33.2 Å². The van der Waals surface area contributed by atoms with Crippen molar-refractivity contribution in [3.05, 3.63) is 22.7 Å². The summed E-state index contributed by atoms with van der Waals surface area (Å²) in [5.41, 5.74) is 0.725. The molecule has 0 bridgehead atoms. The lowest BCUT2D eigenvalue weighted by molar-refractivity contribution is -0.0159. The van der Waals surface area contributed by atoms with Crippen molar-refractivity contribution < 1.29 is 18.9 Å². The van der Waals surface area contributed by atoms with Crippen molar-refractivity contribution in [3.63, 3.8) is 0 Å². The van der Waals surface area contributed by atoms with Gasteiger partial charge in [0.1, 0.15) is 5.60 Å². The molecule has 1 fully saturated rings. The van der Waals surface area contributed by atoms with Crippen molar-refractivity contribution in [2.75, 3.05) is 41.1 Å². The summed E-state index contributed by atoms with van der Waals surface area (Å²) in [5, 5.41) is 3.95. The van der Waals surface area contributed by atoms with Crippen LogP contribution in [0.15, 0.2) is 12.1 Å². The van der Waals surface area contributed by atoms with Gasteiger partial charge in [0.2, 0.25) is 0 Å². The Kier molecular flexibility index (Phi) is 5.70. The largest absolute Gasteiger partial charge is 0.493 e. The van der Waals surface area contributed by atoms with Gasteiger partial charge in [-0.3, -0.25) is 0 Å². The van der Waals surface area contributed by atoms with Gasteiger partial charge in [-0.2, -0.15) is 0 Å². The fourth-order valence-corrected chi connectivity index (χ4v) is 2.75. The van der Waals surface area contributed by atoms with E-state index in [1.807, 2.05) is 12.1 Å². The molecular weight excluding hydrogens is 294 g/mol. The van der Waals surface area contributed by atoms with Gasteiger partial charge in [-0.05, 0) is 11.6 Å². The minimum atomic E-state index is -0.233. The van der Waals surface area contributed by atoms with E-state index in [0.29, 0.717) is 36.2 Å². The zero-order chi connectivity index (χ0) is 15.3. The fourth-order valence-electron chi connectivity index (χ4n) is 2.45. The molecule has 0 spiro atoms. The van der Waals surface area contributed by atoms with Gasteiger partial charge < -0.3 is 24.3 Å². The van der Waals surface area contributed by atoms with Crippen LogP contribution in [0.3, 0.4) is 0 Å². The quantitative estimate of drug-likeness (QED) is 0.836. The molecule has 0 amide bonds. The molecule has 1 heterocycles. The van der Waals surface area contributed by atoms with E-state index in [9.17, 15) is 0 Å². The highest BCUT2D eigenvalue weighted by molar-refractivity contribution is 6.33. The second kappa shape index (κ2) is 7.31. The van der Waals surface area contributed by atoms with Crippen LogP contribution in [0.5, 0.6) is 11.5 Å². The minimum Gasteiger partial charge on any atom is -0.493 e. The van der Waals surface area contributed by atoms with Crippen LogP contribution < -0.4 is 14.8 Å². The highest BCUT2D eigenvalue weighted by Crippen LogP contribution is 2.37. The molecule has 1 aliphatic heterocycles. The predicted molar refractivity (Wildman–Crippen MR) is 81.4 cm³/mol. The summed E-state index contributed by atoms with van der Waals surface area (Å²) in [7, 11) is 4.89. The summed E-state index contributed by atoms with van der Waals surface area (Å²) in [4.78, 5) is 0. The SMILES string of the molecule is COc1ccc(CNCC2(OC)CCOC2)c(Cl)c1OC. The van der Waals surface area contributed by atoms with Gasteiger partial charge in [-0.1, -0.05) is 17.7 Å². The third-order valence-corrected chi connectivity index (χ3v) is 4.24. The molecule has 1 N–H and O–H groups in total. The number of nitrogens with one attached hydrogen (secondary N) is 1. The maximum absolute atomic E-state index is 6.36. The van der Waals surface area contributed by atoms with Gasteiger partial charge in [0.05, 0.1) is 25.8 Å². The number of halogens is 1. The van der Waals surface area contributed by atoms with Gasteiger partial charge in [0.15, 0.2) is 11.5 Å². The third-order valence-electron chi connectivity index (χ3n) is 3.83. The predicted octanol–water partition coefficient (Wildman–Crippen LogP) is 2.25. The van der Waals surface area contributed by atoms with Crippen LogP contribution in [0.25, 0.3) is 0 Å². The smallest absolute Gasteiger partial charge is 0.179 e. The Labute approximate surface area is 130 Å². The third kappa shape index (κ3) is 3.61. The van der Waals surface area contributed by atoms with Crippen LogP contribution in [0.1, 0.15) is 12.0 Å². The van der Waals surface area contributed by atoms with E-state index in [4.69, 9.17) is 30.5 Å². The minimum absolute atomic E-state index is 0.233. The molecule has 1 aliphatic rings. The molecule has 118 valence electrons. The topological polar surface area (TPSA) is 49.0 Å². The molecule has 1 aromatic carbocycles. The van der Waals surface area contributed by atoms with Crippen LogP contribution in [-0.4, -0.2) is 46.7 Å². The Balaban J connectivity index is 2.00. The molecule has 21 heavy (non-hydrogen) atoms. The number of methoxy groups -OCH3 is 3. The Morgan fingerprint density at radius 1 is 1.29 bits per heavy atom. The maximum Gasteiger partial charge on any atom is 0.179 e. The highest BCUT2D eigenvalue weighted by atomic mass is 35.5. The normalized spacial score (nSPS) is 21.5. The second-order valence-corrected chi connectivity index (χ2v) is 5.45. The second-order valence-electron chi connectivity index (χ2n) is 5.07. The van der Waals surface area contributed by atoms with Gasteiger partial charge in [-0.25, -0.2) is 0 Å². The van der Waals surface area contributed by atoms with Crippen molar-refractivity contribution in [3.8, 4) is 11.5 Å². The zero-order valence-electron chi connectivity index (χ0n) is 12.7. The highest BCUT2D eigenvalue weighted by Gasteiger charge is 2.34. The standard InChI is InChI=1S/C15H22ClNO4/c1-18-12-5-4-11(13(16)14(12)19-2)8-17-9-15(20-3)6-7-21-10-15/h4-5,17H,6-10H2,1-3H3. The monoisotopic (exact) mass is 315 g/mol. The Morgan fingerprint density at radius 2 is 2.10 bits per heavy atom. The Hall–Kier alpha value is -1.01. The number of hydrogen-bond donors (Lipinski definition) is 1. The molecule has 2 rings (SSSR count). The lowest BCUT2D eigenvalue weighted by atomic mass is 10.0. The molecule has 1 aromatic rings. The van der Waals surface area contributed by atoms with Crippen LogP contribution in [-0.2, 0) is 16.0 Å². The van der Waals surface area contributed by atoms with E-state index in [1.165, 1.54) is 0 Å². The van der Waals surface area contributed by atoms with Crippen molar-refractivity contribution in [1.82, 2.24) is 5.32 Å². The first-order valence-electron chi connectivity index (χ1n) is 6.89. The number of ether oxygens (including phenoxy) is 4. The summed E-state index contributed by atoms with van der Waals surface area (Å²) < 4.78 is 21.5. The summed E-state index contributed by atoms with van der Waals surface area (Å²) >= 11 is 6.36. The van der Waals surface area contributed by atoms with Crippen LogP contribution in [0, 0.1) is 0 Å². The molecule has 0 radical (unpaired) electrons. The van der Waals surface area contributed by atoms with Crippen molar-refractivity contribution >= 4 is 11.6 Å². The number of benzene rings is 1. The number of rotatable bonds is 7. The first kappa shape index (κ1) is 16.4. The molecule has 6 heteroatoms. The van der Waals surface area contributed by atoms with E-state index < -0.39 is 0 Å². The first-order chi connectivity index (χ1) is 10.2. The van der Waals surface area contributed by atoms with Crippen LogP contribution in [0.4, 0.5) is 0 Å². The van der Waals surface area contributed by atoms with Crippen molar-refractivity contribution in [2.45, 2.75) is 18.6 Å². The summed E-state index contributed by atoms with van der Waals surface area (Å²) in [6.45, 7) is 2.71. The molecule has 1 saturated heterocycles. The van der Waals surface area contributed by atoms with Gasteiger partial charge in [-0.15, -0.1) is 0 Å². The van der Waals surface area contributed by atoms with Crippen LogP contribution in [0.2, 0.25) is 5.02 Å². The zero-order valence-corrected chi connectivity index (χ0v) is 13.5. The molecule has 0 aromatic heterocycles. The van der Waals surface area contributed by atoms with E-state index in [1.54, 1.807) is 21.3 Å². The van der Waals surface area contributed by atoms with Gasteiger partial charge in [0.25, 0.3) is 0 Å². The number of hydrogen-bond acceptors (Lipinski definition) is 5. The fraction of sp³-hybridized carbons (Fsp3) is 0.600. The Bertz CT molecular complexity index is 475. The lowest BCUT2D eigenvalue weighted by Crippen LogP contribution is -2.42. The molecule has 5 nitrogen and oxygen atoms in total. The van der Waals surface area contributed by atoms with E-state index in [-0.39, 0.29) is 5.60 Å². The van der Waals surface area contributed by atoms with Crippen molar-refractivity contribution in [1.29, 1.82) is 0 Å². The average molecular weight is 316 g/mol. The van der Waals surface area contributed by atoms with Crippen molar-refractivity contribution in [2.24, 2.45) is 0 Å². The van der Waals surface area contributed by atoms with Crippen LogP contribution >= 0.6 is 11.6 Å². The molecule has 1 unspecified atom stereocenters. The Morgan fingerprint density at radius 3 is 2.67 bits per heavy atom. The van der Waals surface area contributed by atoms with E-state index in [2.05, 4.69) is 5.32 Å². The average Bonchev–Trinajstić information content (AvgIpc) is 2.98. The molecular formula is C15H22ClNO4. The molecule has 0 aliphatic carbocycles. The summed E-state index contributed by atoms with van der Waals surface area (Å²) in [6, 6.07) is 3.79. The lowest BCUT2D eigenvalue weighted by Gasteiger charge is -2.26. The first-order valence-corrected chi connectivity index (χ1v) is 7.26. The summed E-state index contributed by atoms with van der Waals surface area (Å²) in [5.74, 6) is 1.19. The summed E-state index contributed by atoms with van der Waals surface area (Å²) in [6.07, 6.45) is 0.899.